The van der Waals surface area contributed by atoms with Gasteiger partial charge in [-0.25, -0.2) is 0 Å². The van der Waals surface area contributed by atoms with Crippen molar-refractivity contribution >= 4 is 0 Å². The number of nitrogens with zero attached hydrogens (tertiary/aromatic N) is 1. The maximum Gasteiger partial charge on any atom is 0.0661 e. The maximum absolute atomic E-state index is 5.47. The molecule has 1 atom stereocenters. The van der Waals surface area contributed by atoms with Gasteiger partial charge in [0, 0.05) is 19.0 Å². The molecule has 3 heteroatoms. The molecule has 0 amide bonds. The van der Waals surface area contributed by atoms with Crippen molar-refractivity contribution in [3.05, 3.63) is 29.6 Å². The first-order valence-corrected chi connectivity index (χ1v) is 5.51. The van der Waals surface area contributed by atoms with Crippen LogP contribution in [0.25, 0.3) is 0 Å². The third-order valence-electron chi connectivity index (χ3n) is 2.38. The van der Waals surface area contributed by atoms with E-state index in [4.69, 9.17) is 4.74 Å². The molecule has 0 aromatic carbocycles. The van der Waals surface area contributed by atoms with Crippen molar-refractivity contribution in [2.75, 3.05) is 19.8 Å². The van der Waals surface area contributed by atoms with Crippen LogP contribution in [0.3, 0.4) is 0 Å². The Morgan fingerprint density at radius 1 is 1.47 bits per heavy atom. The van der Waals surface area contributed by atoms with E-state index >= 15 is 0 Å². The normalized spacial score (nSPS) is 12.7. The number of hydrogen-bond acceptors (Lipinski definition) is 3. The number of aryl methyl sites for hydroxylation is 1. The highest BCUT2D eigenvalue weighted by atomic mass is 16.5. The molecule has 0 saturated carbocycles. The predicted octanol–water partition coefficient (Wildman–Crippen LogP) is 2.08. The second-order valence-electron chi connectivity index (χ2n) is 3.50. The van der Waals surface area contributed by atoms with Crippen LogP contribution in [-0.2, 0) is 4.74 Å². The lowest BCUT2D eigenvalue weighted by atomic mass is 10.0. The van der Waals surface area contributed by atoms with Crippen molar-refractivity contribution in [1.82, 2.24) is 10.3 Å². The monoisotopic (exact) mass is 208 g/mol. The van der Waals surface area contributed by atoms with Crippen molar-refractivity contribution in [1.29, 1.82) is 0 Å². The Morgan fingerprint density at radius 2 is 2.27 bits per heavy atom. The molecule has 0 aliphatic heterocycles. The summed E-state index contributed by atoms with van der Waals surface area (Å²) in [4.78, 5) is 4.10. The summed E-state index contributed by atoms with van der Waals surface area (Å²) in [6.45, 7) is 8.62. The number of ether oxygens (including phenoxy) is 1. The molecule has 84 valence electrons. The minimum absolute atomic E-state index is 0.276. The Hall–Kier alpha value is -0.930. The van der Waals surface area contributed by atoms with E-state index in [2.05, 4.69) is 30.2 Å². The standard InChI is InChI=1S/C12H20N2O/c1-4-14-12(9-15-5-2)11-6-7-13-8-10(11)3/h6-8,12,14H,4-5,9H2,1-3H3. The molecule has 1 heterocycles. The molecule has 0 spiro atoms. The minimum Gasteiger partial charge on any atom is -0.380 e. The summed E-state index contributed by atoms with van der Waals surface area (Å²) in [5.41, 5.74) is 2.49. The molecule has 0 aliphatic rings. The van der Waals surface area contributed by atoms with Crippen LogP contribution in [-0.4, -0.2) is 24.7 Å². The Balaban J connectivity index is 2.74. The van der Waals surface area contributed by atoms with Crippen molar-refractivity contribution in [2.45, 2.75) is 26.8 Å². The van der Waals surface area contributed by atoms with Gasteiger partial charge < -0.3 is 10.1 Å². The summed E-state index contributed by atoms with van der Waals surface area (Å²) >= 11 is 0. The molecule has 15 heavy (non-hydrogen) atoms. The van der Waals surface area contributed by atoms with Crippen LogP contribution in [0.4, 0.5) is 0 Å². The molecule has 1 aromatic rings. The van der Waals surface area contributed by atoms with Gasteiger partial charge in [-0.2, -0.15) is 0 Å². The van der Waals surface area contributed by atoms with Gasteiger partial charge in [0.15, 0.2) is 0 Å². The minimum atomic E-state index is 0.276. The highest BCUT2D eigenvalue weighted by Crippen LogP contribution is 2.16. The predicted molar refractivity (Wildman–Crippen MR) is 61.9 cm³/mol. The summed E-state index contributed by atoms with van der Waals surface area (Å²) in [6, 6.07) is 2.33. The average Bonchev–Trinajstić information content (AvgIpc) is 2.25. The van der Waals surface area contributed by atoms with Crippen LogP contribution in [0.5, 0.6) is 0 Å². The van der Waals surface area contributed by atoms with Gasteiger partial charge in [-0.1, -0.05) is 6.92 Å². The number of nitrogens with one attached hydrogen (secondary N) is 1. The second kappa shape index (κ2) is 6.53. The summed E-state index contributed by atoms with van der Waals surface area (Å²) < 4.78 is 5.47. The molecule has 1 rings (SSSR count). The summed E-state index contributed by atoms with van der Waals surface area (Å²) in [5.74, 6) is 0. The molecule has 0 saturated heterocycles. The fraction of sp³-hybridized carbons (Fsp3) is 0.583. The third kappa shape index (κ3) is 3.61. The molecule has 1 unspecified atom stereocenters. The first-order chi connectivity index (χ1) is 7.29. The SMILES string of the molecule is CCNC(COCC)c1ccncc1C. The van der Waals surface area contributed by atoms with E-state index in [-0.39, 0.29) is 6.04 Å². The van der Waals surface area contributed by atoms with E-state index in [0.29, 0.717) is 0 Å². The van der Waals surface area contributed by atoms with Gasteiger partial charge in [0.2, 0.25) is 0 Å². The number of likely N-dealkylation sites (N-methyl/N-ethyl adjacent to an activating group) is 1. The molecular formula is C12H20N2O. The second-order valence-corrected chi connectivity index (χ2v) is 3.50. The van der Waals surface area contributed by atoms with Crippen LogP contribution in [0, 0.1) is 6.92 Å². The summed E-state index contributed by atoms with van der Waals surface area (Å²) in [7, 11) is 0. The average molecular weight is 208 g/mol. The van der Waals surface area contributed by atoms with Gasteiger partial charge in [-0.05, 0) is 37.6 Å². The molecule has 0 fully saturated rings. The quantitative estimate of drug-likeness (QED) is 0.777. The first-order valence-electron chi connectivity index (χ1n) is 5.51. The van der Waals surface area contributed by atoms with E-state index in [1.807, 2.05) is 19.3 Å². The van der Waals surface area contributed by atoms with Crippen LogP contribution in [0.15, 0.2) is 18.5 Å². The smallest absolute Gasteiger partial charge is 0.0661 e. The zero-order chi connectivity index (χ0) is 11.1. The lowest BCUT2D eigenvalue weighted by Crippen LogP contribution is -2.26. The zero-order valence-electron chi connectivity index (χ0n) is 9.79. The lowest BCUT2D eigenvalue weighted by Gasteiger charge is -2.19. The van der Waals surface area contributed by atoms with E-state index in [1.54, 1.807) is 0 Å². The maximum atomic E-state index is 5.47. The van der Waals surface area contributed by atoms with Gasteiger partial charge >= 0.3 is 0 Å². The number of hydrogen-bond donors (Lipinski definition) is 1. The molecule has 1 aromatic heterocycles. The third-order valence-corrected chi connectivity index (χ3v) is 2.38. The van der Waals surface area contributed by atoms with Gasteiger partial charge in [0.25, 0.3) is 0 Å². The Bertz CT molecular complexity index is 289. The highest BCUT2D eigenvalue weighted by Gasteiger charge is 2.12. The van der Waals surface area contributed by atoms with Gasteiger partial charge in [0.05, 0.1) is 12.6 Å². The Labute approximate surface area is 91.9 Å². The fourth-order valence-corrected chi connectivity index (χ4v) is 1.62. The highest BCUT2D eigenvalue weighted by molar-refractivity contribution is 5.25. The van der Waals surface area contributed by atoms with Crippen molar-refractivity contribution in [2.24, 2.45) is 0 Å². The van der Waals surface area contributed by atoms with Crippen molar-refractivity contribution < 1.29 is 4.74 Å². The number of pyridine rings is 1. The zero-order valence-corrected chi connectivity index (χ0v) is 9.79. The largest absolute Gasteiger partial charge is 0.380 e. The van der Waals surface area contributed by atoms with Crippen LogP contribution in [0.2, 0.25) is 0 Å². The first kappa shape index (κ1) is 12.1. The molecule has 0 aliphatic carbocycles. The molecular weight excluding hydrogens is 188 g/mol. The molecule has 0 radical (unpaired) electrons. The summed E-state index contributed by atoms with van der Waals surface area (Å²) in [6.07, 6.45) is 3.73. The Kier molecular flexibility index (Phi) is 5.29. The molecule has 1 N–H and O–H groups in total. The van der Waals surface area contributed by atoms with Crippen LogP contribution in [0.1, 0.15) is 31.0 Å². The lowest BCUT2D eigenvalue weighted by molar-refractivity contribution is 0.123. The van der Waals surface area contributed by atoms with Gasteiger partial charge in [-0.3, -0.25) is 4.98 Å². The van der Waals surface area contributed by atoms with Crippen LogP contribution < -0.4 is 5.32 Å². The Morgan fingerprint density at radius 3 is 2.87 bits per heavy atom. The van der Waals surface area contributed by atoms with Gasteiger partial charge in [-0.15, -0.1) is 0 Å². The van der Waals surface area contributed by atoms with E-state index < -0.39 is 0 Å². The van der Waals surface area contributed by atoms with E-state index in [0.717, 1.165) is 19.8 Å². The number of aromatic nitrogens is 1. The van der Waals surface area contributed by atoms with Crippen molar-refractivity contribution in [3.8, 4) is 0 Å². The van der Waals surface area contributed by atoms with E-state index in [1.165, 1.54) is 11.1 Å². The van der Waals surface area contributed by atoms with Gasteiger partial charge in [0.1, 0.15) is 0 Å². The number of rotatable bonds is 6. The molecule has 3 nitrogen and oxygen atoms in total. The topological polar surface area (TPSA) is 34.1 Å². The van der Waals surface area contributed by atoms with Crippen LogP contribution >= 0.6 is 0 Å². The fourth-order valence-electron chi connectivity index (χ4n) is 1.62. The van der Waals surface area contributed by atoms with Crippen molar-refractivity contribution in [3.63, 3.8) is 0 Å². The summed E-state index contributed by atoms with van der Waals surface area (Å²) in [5, 5.41) is 3.42. The molecule has 0 bridgehead atoms. The van der Waals surface area contributed by atoms with E-state index in [9.17, 15) is 0 Å².